The maximum Gasteiger partial charge on any atom is 0.0351 e. The van der Waals surface area contributed by atoms with Crippen molar-refractivity contribution < 1.29 is 4.74 Å². The van der Waals surface area contributed by atoms with E-state index >= 15 is 0 Å². The van der Waals surface area contributed by atoms with Gasteiger partial charge in [-0.05, 0) is 0 Å². The van der Waals surface area contributed by atoms with Crippen molar-refractivity contribution >= 4 is 9.52 Å². The Bertz CT molecular complexity index is 9.51. The van der Waals surface area contributed by atoms with Gasteiger partial charge < -0.3 is 4.74 Å². The smallest absolute Gasteiger partial charge is 0.0351 e. The molecule has 1 nitrogen and oxygen atoms in total. The lowest BCUT2D eigenvalue weighted by Crippen LogP contribution is -1.55. The predicted octanol–water partition coefficient (Wildman–Crippen LogP) is 1.05. The average molecular weight is 104 g/mol. The molecule has 0 heterocycles. The summed E-state index contributed by atoms with van der Waals surface area (Å²) in [7, 11) is 4.33. The van der Waals surface area contributed by atoms with Crippen molar-refractivity contribution in [1.29, 1.82) is 0 Å². The van der Waals surface area contributed by atoms with Gasteiger partial charge in [0.15, 0.2) is 0 Å². The lowest BCUT2D eigenvalue weighted by molar-refractivity contribution is 0.277. The zero-order valence-corrected chi connectivity index (χ0v) is 5.91. The molecule has 0 bridgehead atoms. The van der Waals surface area contributed by atoms with Crippen molar-refractivity contribution in [1.82, 2.24) is 0 Å². The van der Waals surface area contributed by atoms with E-state index in [2.05, 4.69) is 17.8 Å². The van der Waals surface area contributed by atoms with Crippen molar-refractivity contribution in [3.63, 3.8) is 0 Å². The van der Waals surface area contributed by atoms with Crippen LogP contribution in [0.15, 0.2) is 0 Å². The standard InChI is InChI=1S/C2H6O.C2H6Si/c2*1-3-2/h2*1-2H3. The van der Waals surface area contributed by atoms with Crippen molar-refractivity contribution in [3.8, 4) is 0 Å². The fraction of sp³-hybridized carbons (Fsp3) is 1.00. The van der Waals surface area contributed by atoms with Crippen LogP contribution >= 0.6 is 0 Å². The number of methoxy groups -OCH3 is 1. The van der Waals surface area contributed by atoms with Crippen LogP contribution in [0.1, 0.15) is 0 Å². The maximum absolute atomic E-state index is 4.25. The van der Waals surface area contributed by atoms with E-state index in [-0.39, 0.29) is 0 Å². The van der Waals surface area contributed by atoms with Crippen LogP contribution < -0.4 is 0 Å². The van der Waals surface area contributed by atoms with Crippen LogP contribution in [0.5, 0.6) is 0 Å². The van der Waals surface area contributed by atoms with Crippen LogP contribution in [0.3, 0.4) is 0 Å². The van der Waals surface area contributed by atoms with Crippen LogP contribution in [0.25, 0.3) is 0 Å². The molecule has 6 heavy (non-hydrogen) atoms. The summed E-state index contributed by atoms with van der Waals surface area (Å²) in [5.74, 6) is 0. The second-order valence-corrected chi connectivity index (χ2v) is 1.91. The van der Waals surface area contributed by atoms with Gasteiger partial charge >= 0.3 is 0 Å². The number of hydrogen-bond acceptors (Lipinski definition) is 1. The molecular formula is C4H12OSi. The van der Waals surface area contributed by atoms with Crippen molar-refractivity contribution in [2.24, 2.45) is 0 Å². The van der Waals surface area contributed by atoms with Crippen LogP contribution in [0.2, 0.25) is 13.1 Å². The number of hydrogen-bond donors (Lipinski definition) is 0. The Balaban J connectivity index is 0. The van der Waals surface area contributed by atoms with E-state index in [1.54, 1.807) is 14.2 Å². The van der Waals surface area contributed by atoms with E-state index in [1.807, 2.05) is 0 Å². The Morgan fingerprint density at radius 3 is 1.17 bits per heavy atom. The fourth-order valence-corrected chi connectivity index (χ4v) is 0. The van der Waals surface area contributed by atoms with Gasteiger partial charge in [0.05, 0.1) is 0 Å². The molecule has 0 N–H and O–H groups in total. The predicted molar refractivity (Wildman–Crippen MR) is 30.4 cm³/mol. The molecule has 0 aliphatic heterocycles. The lowest BCUT2D eigenvalue weighted by Gasteiger charge is -1.61. The molecule has 0 atom stereocenters. The van der Waals surface area contributed by atoms with Crippen molar-refractivity contribution in [2.75, 3.05) is 14.2 Å². The summed E-state index contributed by atoms with van der Waals surface area (Å²) in [5, 5.41) is 0. The van der Waals surface area contributed by atoms with Gasteiger partial charge in [0.2, 0.25) is 0 Å². The molecule has 0 fully saturated rings. The summed E-state index contributed by atoms with van der Waals surface area (Å²) >= 11 is 0. The van der Waals surface area contributed by atoms with Gasteiger partial charge in [-0.1, -0.05) is 13.1 Å². The molecule has 0 aromatic rings. The Hall–Kier alpha value is 0.177. The number of ether oxygens (including phenoxy) is 1. The highest BCUT2D eigenvalue weighted by atomic mass is 28.2. The first kappa shape index (κ1) is 9.49. The SMILES string of the molecule is COC.C[Si]C. The van der Waals surface area contributed by atoms with E-state index in [0.29, 0.717) is 0 Å². The van der Waals surface area contributed by atoms with E-state index in [0.717, 1.165) is 9.52 Å². The minimum Gasteiger partial charge on any atom is -0.388 e. The first-order valence-electron chi connectivity index (χ1n) is 1.82. The van der Waals surface area contributed by atoms with Gasteiger partial charge in [0.25, 0.3) is 0 Å². The quantitative estimate of drug-likeness (QED) is 0.417. The van der Waals surface area contributed by atoms with E-state index in [1.165, 1.54) is 0 Å². The summed E-state index contributed by atoms with van der Waals surface area (Å²) in [4.78, 5) is 0. The average Bonchev–Trinajstić information content (AvgIpc) is 1.39. The molecule has 38 valence electrons. The topological polar surface area (TPSA) is 9.23 Å². The highest BCUT2D eigenvalue weighted by Crippen LogP contribution is 1.36. The highest BCUT2D eigenvalue weighted by Gasteiger charge is 1.39. The van der Waals surface area contributed by atoms with Crippen LogP contribution in [0, 0.1) is 0 Å². The molecule has 0 saturated heterocycles. The van der Waals surface area contributed by atoms with Crippen LogP contribution in [-0.4, -0.2) is 23.7 Å². The molecule has 0 rings (SSSR count). The molecule has 0 aliphatic rings. The Kier molecular flexibility index (Phi) is 30.1. The molecule has 0 spiro atoms. The fourth-order valence-electron chi connectivity index (χ4n) is 0. The Morgan fingerprint density at radius 2 is 1.17 bits per heavy atom. The minimum absolute atomic E-state index is 1.08. The third-order valence-electron chi connectivity index (χ3n) is 0. The van der Waals surface area contributed by atoms with Gasteiger partial charge in [-0.15, -0.1) is 0 Å². The minimum atomic E-state index is 1.08. The lowest BCUT2D eigenvalue weighted by atomic mass is 11.6. The maximum atomic E-state index is 4.25. The largest absolute Gasteiger partial charge is 0.388 e. The second-order valence-electron chi connectivity index (χ2n) is 0.908. The highest BCUT2D eigenvalue weighted by molar-refractivity contribution is 6.31. The molecule has 0 unspecified atom stereocenters. The third kappa shape index (κ3) is 1350. The molecule has 2 heteroatoms. The first-order valence-corrected chi connectivity index (χ1v) is 3.82. The summed E-state index contributed by atoms with van der Waals surface area (Å²) in [6.45, 7) is 4.31. The zero-order chi connectivity index (χ0) is 5.41. The monoisotopic (exact) mass is 104 g/mol. The van der Waals surface area contributed by atoms with Crippen LogP contribution in [0.4, 0.5) is 0 Å². The molecular weight excluding hydrogens is 92.1 g/mol. The Labute approximate surface area is 42.5 Å². The summed E-state index contributed by atoms with van der Waals surface area (Å²) in [5.41, 5.74) is 0. The van der Waals surface area contributed by atoms with Gasteiger partial charge in [-0.3, -0.25) is 0 Å². The third-order valence-corrected chi connectivity index (χ3v) is 0. The zero-order valence-electron chi connectivity index (χ0n) is 4.91. The molecule has 0 aromatic carbocycles. The van der Waals surface area contributed by atoms with Gasteiger partial charge in [-0.25, -0.2) is 0 Å². The van der Waals surface area contributed by atoms with Gasteiger partial charge in [0.1, 0.15) is 0 Å². The van der Waals surface area contributed by atoms with Crippen molar-refractivity contribution in [2.45, 2.75) is 13.1 Å². The summed E-state index contributed by atoms with van der Waals surface area (Å²) < 4.78 is 4.25. The normalized spacial score (nSPS) is 6.00. The number of rotatable bonds is 0. The van der Waals surface area contributed by atoms with E-state index in [9.17, 15) is 0 Å². The van der Waals surface area contributed by atoms with E-state index < -0.39 is 0 Å². The molecule has 0 aromatic heterocycles. The van der Waals surface area contributed by atoms with Gasteiger partial charge in [0, 0.05) is 23.7 Å². The molecule has 2 radical (unpaired) electrons. The van der Waals surface area contributed by atoms with Crippen LogP contribution in [-0.2, 0) is 4.74 Å². The molecule has 0 aliphatic carbocycles. The molecule has 0 saturated carbocycles. The van der Waals surface area contributed by atoms with Crippen molar-refractivity contribution in [3.05, 3.63) is 0 Å². The molecule has 0 amide bonds. The summed E-state index contributed by atoms with van der Waals surface area (Å²) in [6.07, 6.45) is 0. The Morgan fingerprint density at radius 1 is 1.17 bits per heavy atom. The second kappa shape index (κ2) is 19.1. The first-order chi connectivity index (χ1) is 2.83. The van der Waals surface area contributed by atoms with E-state index in [4.69, 9.17) is 0 Å². The summed E-state index contributed by atoms with van der Waals surface area (Å²) in [6, 6.07) is 0. The van der Waals surface area contributed by atoms with Gasteiger partial charge in [-0.2, -0.15) is 0 Å².